The molecule has 0 amide bonds. The first-order valence-electron chi connectivity index (χ1n) is 6.11. The van der Waals surface area contributed by atoms with E-state index in [1.807, 2.05) is 0 Å². The summed E-state index contributed by atoms with van der Waals surface area (Å²) in [5.41, 5.74) is 0.369. The zero-order valence-electron chi connectivity index (χ0n) is 9.68. The van der Waals surface area contributed by atoms with Gasteiger partial charge in [0, 0.05) is 0 Å². The summed E-state index contributed by atoms with van der Waals surface area (Å²) in [4.78, 5) is 0. The Morgan fingerprint density at radius 3 is 2.69 bits per heavy atom. The summed E-state index contributed by atoms with van der Waals surface area (Å²) < 4.78 is 7.31. The Kier molecular flexibility index (Phi) is 3.42. The SMILES string of the molecule is [2H]C=C(CCCCCC)C1(O)CCC1. The fraction of sp³-hybridized carbons (Fsp3) is 0.833. The average Bonchev–Trinajstić information content (AvgIpc) is 2.15. The summed E-state index contributed by atoms with van der Waals surface area (Å²) in [6.45, 7) is 3.58. The second-order valence-corrected chi connectivity index (χ2v) is 4.22. The van der Waals surface area contributed by atoms with Crippen molar-refractivity contribution in [2.24, 2.45) is 0 Å². The third kappa shape index (κ3) is 2.84. The van der Waals surface area contributed by atoms with E-state index in [0.29, 0.717) is 0 Å². The smallest absolute Gasteiger partial charge is 0.0854 e. The summed E-state index contributed by atoms with van der Waals surface area (Å²) in [6.07, 6.45) is 8.62. The molecule has 1 nitrogen and oxygen atoms in total. The highest BCUT2D eigenvalue weighted by molar-refractivity contribution is 5.16. The highest BCUT2D eigenvalue weighted by Crippen LogP contribution is 2.39. The molecule has 0 unspecified atom stereocenters. The number of hydrogen-bond acceptors (Lipinski definition) is 1. The Labute approximate surface area is 83.3 Å². The van der Waals surface area contributed by atoms with Crippen LogP contribution in [0.25, 0.3) is 0 Å². The van der Waals surface area contributed by atoms with Gasteiger partial charge in [0.25, 0.3) is 0 Å². The van der Waals surface area contributed by atoms with Gasteiger partial charge in [-0.15, -0.1) is 0 Å². The molecule has 0 aromatic rings. The van der Waals surface area contributed by atoms with Gasteiger partial charge < -0.3 is 5.11 Å². The molecule has 1 rings (SSSR count). The van der Waals surface area contributed by atoms with Crippen LogP contribution in [0, 0.1) is 0 Å². The van der Waals surface area contributed by atoms with Crippen molar-refractivity contribution in [1.82, 2.24) is 0 Å². The van der Waals surface area contributed by atoms with E-state index in [1.54, 1.807) is 0 Å². The number of aliphatic hydroxyl groups is 1. The molecule has 0 aromatic heterocycles. The van der Waals surface area contributed by atoms with Crippen LogP contribution in [-0.2, 0) is 0 Å². The fourth-order valence-electron chi connectivity index (χ4n) is 1.81. The van der Waals surface area contributed by atoms with Gasteiger partial charge in [0.15, 0.2) is 0 Å². The first kappa shape index (κ1) is 9.26. The maximum atomic E-state index is 10.0. The van der Waals surface area contributed by atoms with Gasteiger partial charge in [-0.05, 0) is 37.7 Å². The van der Waals surface area contributed by atoms with Crippen molar-refractivity contribution in [3.8, 4) is 0 Å². The van der Waals surface area contributed by atoms with Crippen molar-refractivity contribution in [3.63, 3.8) is 0 Å². The summed E-state index contributed by atoms with van der Waals surface area (Å²) in [7, 11) is 0. The molecular weight excluding hydrogens is 160 g/mol. The van der Waals surface area contributed by atoms with E-state index >= 15 is 0 Å². The molecule has 0 heterocycles. The number of unbranched alkanes of at least 4 members (excludes halogenated alkanes) is 3. The molecule has 0 atom stereocenters. The molecule has 0 aliphatic heterocycles. The number of hydrogen-bond donors (Lipinski definition) is 1. The molecule has 1 aliphatic carbocycles. The van der Waals surface area contributed by atoms with Crippen LogP contribution >= 0.6 is 0 Å². The highest BCUT2D eigenvalue weighted by atomic mass is 16.3. The Hall–Kier alpha value is -0.300. The monoisotopic (exact) mass is 183 g/mol. The van der Waals surface area contributed by atoms with E-state index in [2.05, 4.69) is 6.92 Å². The van der Waals surface area contributed by atoms with Gasteiger partial charge in [0.05, 0.1) is 6.97 Å². The minimum atomic E-state index is -0.589. The third-order valence-electron chi connectivity index (χ3n) is 3.08. The fourth-order valence-corrected chi connectivity index (χ4v) is 1.81. The first-order chi connectivity index (χ1) is 6.73. The average molecular weight is 183 g/mol. The van der Waals surface area contributed by atoms with Crippen molar-refractivity contribution in [1.29, 1.82) is 0 Å². The zero-order chi connectivity index (χ0) is 10.4. The molecule has 76 valence electrons. The minimum Gasteiger partial charge on any atom is -0.386 e. The lowest BCUT2D eigenvalue weighted by atomic mass is 9.74. The Morgan fingerprint density at radius 1 is 1.46 bits per heavy atom. The van der Waals surface area contributed by atoms with Crippen LogP contribution in [0.3, 0.4) is 0 Å². The molecule has 0 bridgehead atoms. The summed E-state index contributed by atoms with van der Waals surface area (Å²) in [5, 5.41) is 10.0. The van der Waals surface area contributed by atoms with Crippen molar-refractivity contribution >= 4 is 0 Å². The summed E-state index contributed by atoms with van der Waals surface area (Å²) >= 11 is 0. The van der Waals surface area contributed by atoms with Crippen LogP contribution < -0.4 is 0 Å². The van der Waals surface area contributed by atoms with E-state index < -0.39 is 5.60 Å². The quantitative estimate of drug-likeness (QED) is 0.494. The normalized spacial score (nSPS) is 22.3. The largest absolute Gasteiger partial charge is 0.386 e. The van der Waals surface area contributed by atoms with Crippen LogP contribution in [0.15, 0.2) is 12.1 Å². The van der Waals surface area contributed by atoms with Gasteiger partial charge in [-0.3, -0.25) is 0 Å². The van der Waals surface area contributed by atoms with Crippen molar-refractivity contribution in [2.75, 3.05) is 0 Å². The molecule has 13 heavy (non-hydrogen) atoms. The Balaban J connectivity index is 2.26. The topological polar surface area (TPSA) is 20.2 Å². The second-order valence-electron chi connectivity index (χ2n) is 4.22. The molecule has 0 spiro atoms. The highest BCUT2D eigenvalue weighted by Gasteiger charge is 2.36. The summed E-state index contributed by atoms with van der Waals surface area (Å²) in [5.74, 6) is 0. The van der Waals surface area contributed by atoms with Gasteiger partial charge in [-0.25, -0.2) is 0 Å². The molecule has 1 fully saturated rings. The molecule has 1 N–H and O–H groups in total. The van der Waals surface area contributed by atoms with Crippen LogP contribution in [0.5, 0.6) is 0 Å². The van der Waals surface area contributed by atoms with Gasteiger partial charge in [0.2, 0.25) is 0 Å². The van der Waals surface area contributed by atoms with Crippen LogP contribution in [-0.4, -0.2) is 10.7 Å². The predicted octanol–water partition coefficient (Wildman–Crippen LogP) is 3.43. The van der Waals surface area contributed by atoms with Crippen LogP contribution in [0.2, 0.25) is 0 Å². The lowest BCUT2D eigenvalue weighted by molar-refractivity contribution is -0.000126. The predicted molar refractivity (Wildman–Crippen MR) is 56.7 cm³/mol. The van der Waals surface area contributed by atoms with Gasteiger partial charge in [0.1, 0.15) is 0 Å². The van der Waals surface area contributed by atoms with Crippen molar-refractivity contribution in [3.05, 3.63) is 12.1 Å². The summed E-state index contributed by atoms with van der Waals surface area (Å²) in [6, 6.07) is 0. The molecule has 1 heteroatoms. The van der Waals surface area contributed by atoms with E-state index in [0.717, 1.165) is 37.7 Å². The third-order valence-corrected chi connectivity index (χ3v) is 3.08. The Morgan fingerprint density at radius 2 is 2.23 bits per heavy atom. The van der Waals surface area contributed by atoms with Crippen molar-refractivity contribution in [2.45, 2.75) is 63.9 Å². The van der Waals surface area contributed by atoms with E-state index in [9.17, 15) is 5.11 Å². The van der Waals surface area contributed by atoms with Crippen LogP contribution in [0.4, 0.5) is 0 Å². The molecule has 0 aromatic carbocycles. The molecule has 1 saturated carbocycles. The van der Waals surface area contributed by atoms with Crippen molar-refractivity contribution < 1.29 is 6.48 Å². The van der Waals surface area contributed by atoms with E-state index in [4.69, 9.17) is 1.37 Å². The van der Waals surface area contributed by atoms with Gasteiger partial charge in [-0.1, -0.05) is 32.7 Å². The minimum absolute atomic E-state index is 0.589. The second kappa shape index (κ2) is 4.80. The standard InChI is InChI=1S/C12H22O/c1-3-4-5-6-8-11(2)12(13)9-7-10-12/h13H,2-10H2,1H3/i2D. The van der Waals surface area contributed by atoms with Gasteiger partial charge in [-0.2, -0.15) is 0 Å². The maximum absolute atomic E-state index is 10.0. The molecule has 0 radical (unpaired) electrons. The van der Waals surface area contributed by atoms with Gasteiger partial charge >= 0.3 is 0 Å². The van der Waals surface area contributed by atoms with E-state index in [1.165, 1.54) is 25.8 Å². The van der Waals surface area contributed by atoms with Crippen LogP contribution in [0.1, 0.15) is 59.7 Å². The van der Waals surface area contributed by atoms with E-state index in [-0.39, 0.29) is 0 Å². The first-order valence-corrected chi connectivity index (χ1v) is 5.53. The molecule has 1 aliphatic rings. The lowest BCUT2D eigenvalue weighted by Crippen LogP contribution is -2.38. The molecular formula is C12H22O. The lowest BCUT2D eigenvalue weighted by Gasteiger charge is -2.38. The number of rotatable bonds is 6. The zero-order valence-corrected chi connectivity index (χ0v) is 8.68. The maximum Gasteiger partial charge on any atom is 0.0854 e. The molecule has 0 saturated heterocycles. The Bertz CT molecular complexity index is 194.